The summed E-state index contributed by atoms with van der Waals surface area (Å²) < 4.78 is 5.31. The van der Waals surface area contributed by atoms with Crippen molar-refractivity contribution in [2.24, 2.45) is 0 Å². The van der Waals surface area contributed by atoms with Gasteiger partial charge in [-0.15, -0.1) is 0 Å². The Hall–Kier alpha value is -2.14. The molecule has 0 unspecified atom stereocenters. The van der Waals surface area contributed by atoms with Crippen LogP contribution in [0.1, 0.15) is 29.0 Å². The molecule has 0 aromatic carbocycles. The monoisotopic (exact) mass is 285 g/mol. The summed E-state index contributed by atoms with van der Waals surface area (Å²) >= 11 is 0. The van der Waals surface area contributed by atoms with Crippen LogP contribution in [0, 0.1) is 0 Å². The lowest BCUT2D eigenvalue weighted by atomic mass is 10.0. The third-order valence-corrected chi connectivity index (χ3v) is 3.85. The zero-order valence-corrected chi connectivity index (χ0v) is 11.9. The van der Waals surface area contributed by atoms with Gasteiger partial charge in [0, 0.05) is 37.1 Å². The standard InChI is InChI=1S/C16H19N3O2/c20-16(13-3-7-17-8-4-13)19-9-5-14(6-10-19)18-12-15-2-1-11-21-15/h1-4,7-8,11,14,18H,5-6,9-10,12H2. The van der Waals surface area contributed by atoms with E-state index in [0.29, 0.717) is 11.6 Å². The molecule has 0 bridgehead atoms. The molecular formula is C16H19N3O2. The molecule has 5 nitrogen and oxygen atoms in total. The minimum Gasteiger partial charge on any atom is -0.468 e. The lowest BCUT2D eigenvalue weighted by Crippen LogP contribution is -2.44. The largest absolute Gasteiger partial charge is 0.468 e. The molecule has 1 saturated heterocycles. The maximum Gasteiger partial charge on any atom is 0.253 e. The third kappa shape index (κ3) is 3.49. The van der Waals surface area contributed by atoms with Gasteiger partial charge >= 0.3 is 0 Å². The van der Waals surface area contributed by atoms with E-state index in [1.54, 1.807) is 30.8 Å². The molecule has 1 N–H and O–H groups in total. The molecule has 1 aliphatic heterocycles. The summed E-state index contributed by atoms with van der Waals surface area (Å²) in [7, 11) is 0. The van der Waals surface area contributed by atoms with Crippen molar-refractivity contribution in [2.75, 3.05) is 13.1 Å². The Morgan fingerprint density at radius 2 is 2.05 bits per heavy atom. The number of nitrogens with one attached hydrogen (secondary N) is 1. The Labute approximate surface area is 124 Å². The SMILES string of the molecule is O=C(c1ccncc1)N1CCC(NCc2ccco2)CC1. The molecule has 5 heteroatoms. The van der Waals surface area contributed by atoms with Crippen molar-refractivity contribution in [1.82, 2.24) is 15.2 Å². The van der Waals surface area contributed by atoms with Gasteiger partial charge in [-0.2, -0.15) is 0 Å². The van der Waals surface area contributed by atoms with Gasteiger partial charge in [0.25, 0.3) is 5.91 Å². The summed E-state index contributed by atoms with van der Waals surface area (Å²) in [6.07, 6.45) is 6.94. The van der Waals surface area contributed by atoms with Gasteiger partial charge in [-0.25, -0.2) is 0 Å². The summed E-state index contributed by atoms with van der Waals surface area (Å²) in [6.45, 7) is 2.32. The fourth-order valence-corrected chi connectivity index (χ4v) is 2.62. The van der Waals surface area contributed by atoms with Gasteiger partial charge in [-0.3, -0.25) is 9.78 Å². The van der Waals surface area contributed by atoms with E-state index in [0.717, 1.165) is 38.2 Å². The molecule has 2 aromatic rings. The average Bonchev–Trinajstić information content (AvgIpc) is 3.07. The summed E-state index contributed by atoms with van der Waals surface area (Å²) in [6, 6.07) is 7.84. The van der Waals surface area contributed by atoms with Crippen LogP contribution in [0.3, 0.4) is 0 Å². The number of aromatic nitrogens is 1. The molecule has 1 aliphatic rings. The molecule has 3 rings (SSSR count). The van der Waals surface area contributed by atoms with Crippen molar-refractivity contribution in [3.8, 4) is 0 Å². The highest BCUT2D eigenvalue weighted by atomic mass is 16.3. The predicted octanol–water partition coefficient (Wildman–Crippen LogP) is 2.07. The van der Waals surface area contributed by atoms with E-state index in [1.807, 2.05) is 17.0 Å². The van der Waals surface area contributed by atoms with Gasteiger partial charge in [-0.05, 0) is 37.1 Å². The molecule has 1 amide bonds. The Balaban J connectivity index is 1.47. The van der Waals surface area contributed by atoms with E-state index < -0.39 is 0 Å². The molecule has 0 saturated carbocycles. The molecular weight excluding hydrogens is 266 g/mol. The van der Waals surface area contributed by atoms with Crippen LogP contribution in [0.2, 0.25) is 0 Å². The lowest BCUT2D eigenvalue weighted by molar-refractivity contribution is 0.0704. The highest BCUT2D eigenvalue weighted by molar-refractivity contribution is 5.94. The number of carbonyl (C=O) groups excluding carboxylic acids is 1. The van der Waals surface area contributed by atoms with Crippen LogP contribution in [-0.2, 0) is 6.54 Å². The van der Waals surface area contributed by atoms with Crippen LogP contribution in [0.4, 0.5) is 0 Å². The van der Waals surface area contributed by atoms with Crippen molar-refractivity contribution in [3.63, 3.8) is 0 Å². The first-order valence-corrected chi connectivity index (χ1v) is 7.28. The first-order chi connectivity index (χ1) is 10.3. The van der Waals surface area contributed by atoms with Gasteiger partial charge < -0.3 is 14.6 Å². The minimum atomic E-state index is 0.0990. The molecule has 0 atom stereocenters. The summed E-state index contributed by atoms with van der Waals surface area (Å²) in [5.41, 5.74) is 0.715. The first-order valence-electron chi connectivity index (χ1n) is 7.28. The molecule has 21 heavy (non-hydrogen) atoms. The van der Waals surface area contributed by atoms with Crippen molar-refractivity contribution in [3.05, 3.63) is 54.2 Å². The second-order valence-corrected chi connectivity index (χ2v) is 5.26. The number of amides is 1. The normalized spacial score (nSPS) is 16.1. The van der Waals surface area contributed by atoms with Crippen molar-refractivity contribution in [1.29, 1.82) is 0 Å². The van der Waals surface area contributed by atoms with E-state index in [1.165, 1.54) is 0 Å². The van der Waals surface area contributed by atoms with Crippen molar-refractivity contribution >= 4 is 5.91 Å². The highest BCUT2D eigenvalue weighted by Gasteiger charge is 2.23. The van der Waals surface area contributed by atoms with Crippen molar-refractivity contribution in [2.45, 2.75) is 25.4 Å². The van der Waals surface area contributed by atoms with E-state index in [-0.39, 0.29) is 5.91 Å². The van der Waals surface area contributed by atoms with Crippen LogP contribution in [0.25, 0.3) is 0 Å². The van der Waals surface area contributed by atoms with Gasteiger partial charge in [0.15, 0.2) is 0 Å². The molecule has 3 heterocycles. The Morgan fingerprint density at radius 3 is 2.71 bits per heavy atom. The van der Waals surface area contributed by atoms with Gasteiger partial charge in [0.05, 0.1) is 12.8 Å². The third-order valence-electron chi connectivity index (χ3n) is 3.85. The Bertz CT molecular complexity index is 560. The molecule has 0 radical (unpaired) electrons. The van der Waals surface area contributed by atoms with Gasteiger partial charge in [-0.1, -0.05) is 0 Å². The topological polar surface area (TPSA) is 58.4 Å². The molecule has 110 valence electrons. The second-order valence-electron chi connectivity index (χ2n) is 5.26. The number of piperidine rings is 1. The molecule has 0 spiro atoms. The molecule has 1 fully saturated rings. The van der Waals surface area contributed by atoms with Crippen LogP contribution in [0.15, 0.2) is 47.3 Å². The Morgan fingerprint density at radius 1 is 1.29 bits per heavy atom. The lowest BCUT2D eigenvalue weighted by Gasteiger charge is -2.32. The van der Waals surface area contributed by atoms with Crippen LogP contribution < -0.4 is 5.32 Å². The van der Waals surface area contributed by atoms with Crippen LogP contribution in [-0.4, -0.2) is 34.9 Å². The zero-order valence-electron chi connectivity index (χ0n) is 11.9. The number of pyridine rings is 1. The first kappa shape index (κ1) is 13.8. The van der Waals surface area contributed by atoms with E-state index >= 15 is 0 Å². The maximum absolute atomic E-state index is 12.3. The fraction of sp³-hybridized carbons (Fsp3) is 0.375. The van der Waals surface area contributed by atoms with E-state index in [2.05, 4.69) is 10.3 Å². The number of hydrogen-bond donors (Lipinski definition) is 1. The summed E-state index contributed by atoms with van der Waals surface area (Å²) in [5.74, 6) is 1.05. The Kier molecular flexibility index (Phi) is 4.31. The minimum absolute atomic E-state index is 0.0990. The van der Waals surface area contributed by atoms with Gasteiger partial charge in [0.2, 0.25) is 0 Å². The van der Waals surface area contributed by atoms with Crippen molar-refractivity contribution < 1.29 is 9.21 Å². The summed E-state index contributed by atoms with van der Waals surface area (Å²) in [5, 5.41) is 3.48. The second kappa shape index (κ2) is 6.54. The fourth-order valence-electron chi connectivity index (χ4n) is 2.62. The zero-order chi connectivity index (χ0) is 14.5. The number of nitrogens with zero attached hydrogens (tertiary/aromatic N) is 2. The summed E-state index contributed by atoms with van der Waals surface area (Å²) in [4.78, 5) is 18.2. The number of carbonyl (C=O) groups is 1. The average molecular weight is 285 g/mol. The van der Waals surface area contributed by atoms with Crippen LogP contribution >= 0.6 is 0 Å². The molecule has 0 aliphatic carbocycles. The smallest absolute Gasteiger partial charge is 0.253 e. The number of hydrogen-bond acceptors (Lipinski definition) is 4. The number of rotatable bonds is 4. The van der Waals surface area contributed by atoms with E-state index in [4.69, 9.17) is 4.42 Å². The highest BCUT2D eigenvalue weighted by Crippen LogP contribution is 2.14. The number of likely N-dealkylation sites (tertiary alicyclic amines) is 1. The number of furan rings is 1. The quantitative estimate of drug-likeness (QED) is 0.934. The van der Waals surface area contributed by atoms with E-state index in [9.17, 15) is 4.79 Å². The predicted molar refractivity (Wildman–Crippen MR) is 78.7 cm³/mol. The van der Waals surface area contributed by atoms with Gasteiger partial charge in [0.1, 0.15) is 5.76 Å². The van der Waals surface area contributed by atoms with Crippen LogP contribution in [0.5, 0.6) is 0 Å². The molecule has 2 aromatic heterocycles. The maximum atomic E-state index is 12.3.